The molecule has 2 aromatic carbocycles. The number of nitrogens with zero attached hydrogens (tertiary/aromatic N) is 1. The third-order valence-corrected chi connectivity index (χ3v) is 4.48. The highest BCUT2D eigenvalue weighted by molar-refractivity contribution is 6.42. The first-order chi connectivity index (χ1) is 12.4. The summed E-state index contributed by atoms with van der Waals surface area (Å²) in [6.45, 7) is 0.141. The van der Waals surface area contributed by atoms with E-state index < -0.39 is 0 Å². The lowest BCUT2D eigenvalue weighted by molar-refractivity contribution is -0.120. The van der Waals surface area contributed by atoms with Crippen molar-refractivity contribution in [1.82, 2.24) is 10.7 Å². The maximum atomic E-state index is 12.0. The second-order valence-electron chi connectivity index (χ2n) is 5.09. The largest absolute Gasteiger partial charge is 0.352 e. The Kier molecular flexibility index (Phi) is 7.72. The van der Waals surface area contributed by atoms with Crippen molar-refractivity contribution in [3.8, 4) is 0 Å². The number of rotatable bonds is 6. The highest BCUT2D eigenvalue weighted by Gasteiger charge is 2.08. The zero-order chi connectivity index (χ0) is 19.1. The van der Waals surface area contributed by atoms with Crippen molar-refractivity contribution >= 4 is 64.4 Å². The molecule has 0 fully saturated rings. The molecule has 0 heterocycles. The van der Waals surface area contributed by atoms with Gasteiger partial charge in [-0.1, -0.05) is 52.5 Å². The second kappa shape index (κ2) is 9.78. The molecular weight excluding hydrogens is 420 g/mol. The van der Waals surface area contributed by atoms with Gasteiger partial charge in [0, 0.05) is 29.1 Å². The van der Waals surface area contributed by atoms with Gasteiger partial charge in [-0.2, -0.15) is 5.10 Å². The van der Waals surface area contributed by atoms with Crippen LogP contribution in [0.4, 0.5) is 0 Å². The van der Waals surface area contributed by atoms with Crippen molar-refractivity contribution in [3.63, 3.8) is 0 Å². The molecule has 0 spiro atoms. The van der Waals surface area contributed by atoms with E-state index in [4.69, 9.17) is 46.4 Å². The van der Waals surface area contributed by atoms with Crippen LogP contribution in [0.25, 0.3) is 0 Å². The maximum Gasteiger partial charge on any atom is 0.251 e. The zero-order valence-electron chi connectivity index (χ0n) is 13.2. The summed E-state index contributed by atoms with van der Waals surface area (Å²) in [7, 11) is 0. The number of carbonyl (C=O) groups excluding carboxylic acids is 2. The molecule has 0 atom stereocenters. The van der Waals surface area contributed by atoms with Gasteiger partial charge in [0.15, 0.2) is 0 Å². The van der Waals surface area contributed by atoms with Gasteiger partial charge in [0.25, 0.3) is 5.91 Å². The molecule has 2 amide bonds. The topological polar surface area (TPSA) is 70.6 Å². The van der Waals surface area contributed by atoms with Crippen molar-refractivity contribution in [2.45, 2.75) is 6.42 Å². The third-order valence-electron chi connectivity index (χ3n) is 3.17. The van der Waals surface area contributed by atoms with E-state index in [9.17, 15) is 9.59 Å². The first-order valence-electron chi connectivity index (χ1n) is 7.37. The maximum absolute atomic E-state index is 12.0. The van der Waals surface area contributed by atoms with E-state index in [1.54, 1.807) is 24.3 Å². The molecular formula is C17H13Cl4N3O2. The lowest BCUT2D eigenvalue weighted by Gasteiger charge is -2.05. The van der Waals surface area contributed by atoms with Crippen LogP contribution >= 0.6 is 46.4 Å². The predicted molar refractivity (Wildman–Crippen MR) is 106 cm³/mol. The summed E-state index contributed by atoms with van der Waals surface area (Å²) in [5, 5.41) is 8.00. The minimum atomic E-state index is -0.360. The average Bonchev–Trinajstić information content (AvgIpc) is 2.59. The molecule has 136 valence electrons. The molecule has 2 aromatic rings. The molecule has 9 heteroatoms. The van der Waals surface area contributed by atoms with Gasteiger partial charge in [-0.15, -0.1) is 0 Å². The summed E-state index contributed by atoms with van der Waals surface area (Å²) in [4.78, 5) is 23.7. The van der Waals surface area contributed by atoms with E-state index in [-0.39, 0.29) is 29.8 Å². The van der Waals surface area contributed by atoms with Gasteiger partial charge in [0.05, 0.1) is 21.3 Å². The third kappa shape index (κ3) is 6.18. The van der Waals surface area contributed by atoms with Crippen LogP contribution < -0.4 is 10.7 Å². The summed E-state index contributed by atoms with van der Waals surface area (Å²) < 4.78 is 0. The Morgan fingerprint density at radius 1 is 0.962 bits per heavy atom. The summed E-state index contributed by atoms with van der Waals surface area (Å²) in [5.74, 6) is -0.714. The monoisotopic (exact) mass is 431 g/mol. The molecule has 0 unspecified atom stereocenters. The van der Waals surface area contributed by atoms with E-state index in [1.165, 1.54) is 18.3 Å². The van der Waals surface area contributed by atoms with Crippen LogP contribution in [0.3, 0.4) is 0 Å². The highest BCUT2D eigenvalue weighted by Crippen LogP contribution is 2.22. The van der Waals surface area contributed by atoms with E-state index in [1.807, 2.05) is 0 Å². The molecule has 26 heavy (non-hydrogen) atoms. The fourth-order valence-electron chi connectivity index (χ4n) is 1.86. The number of nitrogens with one attached hydrogen (secondary N) is 2. The van der Waals surface area contributed by atoms with E-state index in [0.29, 0.717) is 26.2 Å². The standard InChI is InChI=1S/C17H13Cl4N3O2/c18-12-3-1-11(14(20)8-12)9-23-24-16(25)5-6-22-17(26)10-2-4-13(19)15(21)7-10/h1-4,7-9H,5-6H2,(H,22,26)(H,24,25). The first-order valence-corrected chi connectivity index (χ1v) is 8.88. The fourth-order valence-corrected chi connectivity index (χ4v) is 2.62. The Labute approximate surface area is 170 Å². The molecule has 0 aliphatic heterocycles. The fraction of sp³-hybridized carbons (Fsp3) is 0.118. The Balaban J connectivity index is 1.77. The van der Waals surface area contributed by atoms with Crippen LogP contribution in [-0.4, -0.2) is 24.6 Å². The van der Waals surface area contributed by atoms with Gasteiger partial charge < -0.3 is 5.32 Å². The Morgan fingerprint density at radius 3 is 2.42 bits per heavy atom. The van der Waals surface area contributed by atoms with Crippen LogP contribution in [0.2, 0.25) is 20.1 Å². The molecule has 5 nitrogen and oxygen atoms in total. The molecule has 0 bridgehead atoms. The van der Waals surface area contributed by atoms with Gasteiger partial charge in [0.2, 0.25) is 5.91 Å². The van der Waals surface area contributed by atoms with E-state index >= 15 is 0 Å². The van der Waals surface area contributed by atoms with E-state index in [2.05, 4.69) is 15.8 Å². The second-order valence-corrected chi connectivity index (χ2v) is 6.75. The normalized spacial score (nSPS) is 10.8. The summed E-state index contributed by atoms with van der Waals surface area (Å²) in [6, 6.07) is 9.45. The van der Waals surface area contributed by atoms with Crippen molar-refractivity contribution in [3.05, 3.63) is 67.6 Å². The Hall–Kier alpha value is -1.79. The molecule has 0 saturated heterocycles. The molecule has 0 aliphatic carbocycles. The van der Waals surface area contributed by atoms with Gasteiger partial charge in [-0.3, -0.25) is 9.59 Å². The summed E-state index contributed by atoms with van der Waals surface area (Å²) in [5.41, 5.74) is 3.32. The number of hydrogen-bond acceptors (Lipinski definition) is 3. The smallest absolute Gasteiger partial charge is 0.251 e. The number of amides is 2. The van der Waals surface area contributed by atoms with Crippen LogP contribution in [0.1, 0.15) is 22.3 Å². The number of carbonyl (C=O) groups is 2. The number of halogens is 4. The number of hydrazone groups is 1. The molecule has 0 saturated carbocycles. The number of hydrogen-bond donors (Lipinski definition) is 2. The minimum Gasteiger partial charge on any atom is -0.352 e. The zero-order valence-corrected chi connectivity index (χ0v) is 16.3. The molecule has 2 N–H and O–H groups in total. The number of benzene rings is 2. The van der Waals surface area contributed by atoms with Crippen LogP contribution in [0, 0.1) is 0 Å². The Morgan fingerprint density at radius 2 is 1.73 bits per heavy atom. The van der Waals surface area contributed by atoms with Crippen LogP contribution in [-0.2, 0) is 4.79 Å². The molecule has 0 aromatic heterocycles. The van der Waals surface area contributed by atoms with Crippen LogP contribution in [0.5, 0.6) is 0 Å². The Bertz CT molecular complexity index is 856. The van der Waals surface area contributed by atoms with Gasteiger partial charge in [-0.05, 0) is 30.3 Å². The van der Waals surface area contributed by atoms with E-state index in [0.717, 1.165) is 0 Å². The van der Waals surface area contributed by atoms with Gasteiger partial charge in [0.1, 0.15) is 0 Å². The first kappa shape index (κ1) is 20.5. The van der Waals surface area contributed by atoms with Crippen molar-refractivity contribution < 1.29 is 9.59 Å². The molecule has 0 radical (unpaired) electrons. The lowest BCUT2D eigenvalue weighted by Crippen LogP contribution is -2.29. The van der Waals surface area contributed by atoms with Gasteiger partial charge in [-0.25, -0.2) is 5.43 Å². The summed E-state index contributed by atoms with van der Waals surface area (Å²) >= 11 is 23.4. The van der Waals surface area contributed by atoms with Crippen molar-refractivity contribution in [1.29, 1.82) is 0 Å². The lowest BCUT2D eigenvalue weighted by atomic mass is 10.2. The molecule has 0 aliphatic rings. The van der Waals surface area contributed by atoms with Crippen molar-refractivity contribution in [2.75, 3.05) is 6.54 Å². The predicted octanol–water partition coefficient (Wildman–Crippen LogP) is 4.57. The van der Waals surface area contributed by atoms with Gasteiger partial charge >= 0.3 is 0 Å². The highest BCUT2D eigenvalue weighted by atomic mass is 35.5. The summed E-state index contributed by atoms with van der Waals surface area (Å²) in [6.07, 6.45) is 1.46. The SMILES string of the molecule is O=C(CCNC(=O)c1ccc(Cl)c(Cl)c1)NN=Cc1ccc(Cl)cc1Cl. The minimum absolute atomic E-state index is 0.0543. The molecule has 2 rings (SSSR count). The average molecular weight is 433 g/mol. The quantitative estimate of drug-likeness (QED) is 0.518. The van der Waals surface area contributed by atoms with Crippen molar-refractivity contribution in [2.24, 2.45) is 5.10 Å². The van der Waals surface area contributed by atoms with Crippen LogP contribution in [0.15, 0.2) is 41.5 Å².